The molecule has 0 bridgehead atoms. The molecule has 22 heavy (non-hydrogen) atoms. The van der Waals surface area contributed by atoms with Crippen LogP contribution in [-0.4, -0.2) is 17.3 Å². The van der Waals surface area contributed by atoms with Crippen LogP contribution in [0.2, 0.25) is 0 Å². The lowest BCUT2D eigenvalue weighted by Crippen LogP contribution is -2.44. The molecule has 0 heterocycles. The average molecular weight is 312 g/mol. The van der Waals surface area contributed by atoms with Crippen molar-refractivity contribution in [2.24, 2.45) is 11.7 Å². The van der Waals surface area contributed by atoms with E-state index in [2.05, 4.69) is 6.92 Å². The molecule has 1 fully saturated rings. The number of unbranched alkanes of at least 4 members (excludes halogenated alkanes) is 11. The summed E-state index contributed by atoms with van der Waals surface area (Å²) in [5.74, 6) is 0.576. The second kappa shape index (κ2) is 13.4. The summed E-state index contributed by atoms with van der Waals surface area (Å²) in [4.78, 5) is 0. The maximum atomic E-state index is 9.81. The molecule has 0 aromatic rings. The Morgan fingerprint density at radius 1 is 0.773 bits per heavy atom. The fourth-order valence-electron chi connectivity index (χ4n) is 3.87. The molecule has 132 valence electrons. The molecule has 0 aromatic carbocycles. The largest absolute Gasteiger partial charge is 0.392 e. The van der Waals surface area contributed by atoms with Gasteiger partial charge in [-0.25, -0.2) is 0 Å². The Balaban J connectivity index is 1.82. The van der Waals surface area contributed by atoms with Crippen LogP contribution in [0, 0.1) is 5.92 Å². The van der Waals surface area contributed by atoms with Crippen LogP contribution in [0.4, 0.5) is 0 Å². The maximum Gasteiger partial charge on any atom is 0.0693 e. The Kier molecular flexibility index (Phi) is 12.1. The van der Waals surface area contributed by atoms with E-state index >= 15 is 0 Å². The van der Waals surface area contributed by atoms with E-state index in [1.165, 1.54) is 89.9 Å². The summed E-state index contributed by atoms with van der Waals surface area (Å²) in [6, 6.07) is 0.0430. The van der Waals surface area contributed by atoms with Crippen LogP contribution in [0.1, 0.15) is 110 Å². The van der Waals surface area contributed by atoms with E-state index in [4.69, 9.17) is 5.73 Å². The Morgan fingerprint density at radius 3 is 1.82 bits per heavy atom. The maximum absolute atomic E-state index is 9.81. The normalized spacial score (nSPS) is 25.5. The third-order valence-corrected chi connectivity index (χ3v) is 5.49. The second-order valence-corrected chi connectivity index (χ2v) is 7.51. The van der Waals surface area contributed by atoms with Gasteiger partial charge in [-0.2, -0.15) is 0 Å². The number of nitrogens with two attached hydrogens (primary N) is 1. The highest BCUT2D eigenvalue weighted by atomic mass is 16.3. The summed E-state index contributed by atoms with van der Waals surface area (Å²) >= 11 is 0. The topological polar surface area (TPSA) is 46.2 Å². The van der Waals surface area contributed by atoms with E-state index in [1.807, 2.05) is 0 Å². The lowest BCUT2D eigenvalue weighted by molar-refractivity contribution is 0.0724. The fourth-order valence-corrected chi connectivity index (χ4v) is 3.87. The molecule has 1 saturated carbocycles. The van der Waals surface area contributed by atoms with Gasteiger partial charge >= 0.3 is 0 Å². The quantitative estimate of drug-likeness (QED) is 0.437. The number of hydrogen-bond donors (Lipinski definition) is 2. The van der Waals surface area contributed by atoms with E-state index in [-0.39, 0.29) is 12.1 Å². The molecule has 3 atom stereocenters. The number of aliphatic hydroxyl groups excluding tert-OH is 1. The van der Waals surface area contributed by atoms with Gasteiger partial charge in [0.25, 0.3) is 0 Å². The molecular weight excluding hydrogens is 270 g/mol. The minimum Gasteiger partial charge on any atom is -0.392 e. The molecule has 1 aliphatic rings. The van der Waals surface area contributed by atoms with Crippen molar-refractivity contribution in [2.75, 3.05) is 0 Å². The van der Waals surface area contributed by atoms with Crippen molar-refractivity contribution in [2.45, 2.75) is 122 Å². The molecule has 1 rings (SSSR count). The first-order chi connectivity index (χ1) is 10.8. The van der Waals surface area contributed by atoms with Crippen molar-refractivity contribution in [3.63, 3.8) is 0 Å². The lowest BCUT2D eigenvalue weighted by Gasteiger charge is -2.32. The summed E-state index contributed by atoms with van der Waals surface area (Å²) in [6.07, 6.45) is 21.2. The first kappa shape index (κ1) is 20.0. The van der Waals surface area contributed by atoms with Gasteiger partial charge in [0.1, 0.15) is 0 Å². The van der Waals surface area contributed by atoms with Crippen LogP contribution in [-0.2, 0) is 0 Å². The molecule has 2 nitrogen and oxygen atoms in total. The summed E-state index contributed by atoms with van der Waals surface area (Å²) in [5, 5.41) is 9.81. The summed E-state index contributed by atoms with van der Waals surface area (Å²) in [7, 11) is 0. The van der Waals surface area contributed by atoms with E-state index < -0.39 is 0 Å². The molecule has 3 N–H and O–H groups in total. The summed E-state index contributed by atoms with van der Waals surface area (Å²) in [5.41, 5.74) is 6.11. The predicted molar refractivity (Wildman–Crippen MR) is 97.0 cm³/mol. The number of rotatable bonds is 13. The van der Waals surface area contributed by atoms with Gasteiger partial charge in [0, 0.05) is 6.04 Å². The van der Waals surface area contributed by atoms with Crippen LogP contribution in [0.15, 0.2) is 0 Å². The van der Waals surface area contributed by atoms with E-state index in [1.54, 1.807) is 0 Å². The van der Waals surface area contributed by atoms with Gasteiger partial charge in [-0.1, -0.05) is 90.4 Å². The second-order valence-electron chi connectivity index (χ2n) is 7.51. The number of hydrogen-bond acceptors (Lipinski definition) is 2. The zero-order valence-electron chi connectivity index (χ0n) is 15.1. The standard InChI is InChI=1S/C20H41NO/c1-2-3-4-5-6-7-8-9-10-11-12-13-15-18-16-14-17-19(22)20(18)21/h18-20,22H,2-17,21H2,1H3/t18-,19+,20+/m1/s1. The number of aliphatic hydroxyl groups is 1. The molecular formula is C20H41NO. The van der Waals surface area contributed by atoms with Crippen molar-refractivity contribution >= 4 is 0 Å². The van der Waals surface area contributed by atoms with Gasteiger partial charge < -0.3 is 10.8 Å². The van der Waals surface area contributed by atoms with Gasteiger partial charge in [-0.15, -0.1) is 0 Å². The lowest BCUT2D eigenvalue weighted by atomic mass is 9.80. The van der Waals surface area contributed by atoms with Crippen LogP contribution in [0.5, 0.6) is 0 Å². The highest BCUT2D eigenvalue weighted by molar-refractivity contribution is 4.84. The zero-order chi connectivity index (χ0) is 16.0. The molecule has 1 aliphatic carbocycles. The molecule has 0 aromatic heterocycles. The fraction of sp³-hybridized carbons (Fsp3) is 1.00. The first-order valence-electron chi connectivity index (χ1n) is 10.2. The third-order valence-electron chi connectivity index (χ3n) is 5.49. The Labute approximate surface area is 139 Å². The molecule has 0 amide bonds. The zero-order valence-corrected chi connectivity index (χ0v) is 15.1. The van der Waals surface area contributed by atoms with Gasteiger partial charge in [-0.3, -0.25) is 0 Å². The molecule has 2 heteroatoms. The Hall–Kier alpha value is -0.0800. The monoisotopic (exact) mass is 311 g/mol. The molecule has 0 unspecified atom stereocenters. The first-order valence-corrected chi connectivity index (χ1v) is 10.2. The van der Waals surface area contributed by atoms with Gasteiger partial charge in [0.05, 0.1) is 6.10 Å². The van der Waals surface area contributed by atoms with Crippen LogP contribution in [0.3, 0.4) is 0 Å². The highest BCUT2D eigenvalue weighted by Gasteiger charge is 2.28. The van der Waals surface area contributed by atoms with Crippen molar-refractivity contribution in [1.82, 2.24) is 0 Å². The van der Waals surface area contributed by atoms with Crippen LogP contribution in [0.25, 0.3) is 0 Å². The summed E-state index contributed by atoms with van der Waals surface area (Å²) in [6.45, 7) is 2.28. The van der Waals surface area contributed by atoms with Gasteiger partial charge in [-0.05, 0) is 25.2 Å². The SMILES string of the molecule is CCCCCCCCCCCCCC[C@@H]1CCC[C@H](O)[C@H]1N. The van der Waals surface area contributed by atoms with Crippen LogP contribution >= 0.6 is 0 Å². The van der Waals surface area contributed by atoms with Crippen molar-refractivity contribution in [3.8, 4) is 0 Å². The van der Waals surface area contributed by atoms with Crippen molar-refractivity contribution < 1.29 is 5.11 Å². The molecule has 0 aliphatic heterocycles. The molecule has 0 radical (unpaired) electrons. The predicted octanol–water partition coefficient (Wildman–Crippen LogP) is 5.57. The summed E-state index contributed by atoms with van der Waals surface area (Å²) < 4.78 is 0. The molecule has 0 spiro atoms. The van der Waals surface area contributed by atoms with Gasteiger partial charge in [0.15, 0.2) is 0 Å². The minimum atomic E-state index is -0.240. The Bertz CT molecular complexity index is 244. The third kappa shape index (κ3) is 9.15. The van der Waals surface area contributed by atoms with Crippen molar-refractivity contribution in [1.29, 1.82) is 0 Å². The minimum absolute atomic E-state index is 0.0430. The highest BCUT2D eigenvalue weighted by Crippen LogP contribution is 2.28. The van der Waals surface area contributed by atoms with Crippen LogP contribution < -0.4 is 5.73 Å². The molecule has 0 saturated heterocycles. The van der Waals surface area contributed by atoms with Crippen molar-refractivity contribution in [3.05, 3.63) is 0 Å². The Morgan fingerprint density at radius 2 is 1.27 bits per heavy atom. The average Bonchev–Trinajstić information content (AvgIpc) is 2.52. The van der Waals surface area contributed by atoms with E-state index in [9.17, 15) is 5.11 Å². The van der Waals surface area contributed by atoms with E-state index in [0.717, 1.165) is 12.8 Å². The van der Waals surface area contributed by atoms with Gasteiger partial charge in [0.2, 0.25) is 0 Å². The van der Waals surface area contributed by atoms with E-state index in [0.29, 0.717) is 5.92 Å². The smallest absolute Gasteiger partial charge is 0.0693 e.